The fourth-order valence-electron chi connectivity index (χ4n) is 5.88. The van der Waals surface area contributed by atoms with Gasteiger partial charge in [0.25, 0.3) is 0 Å². The third-order valence-corrected chi connectivity index (χ3v) is 7.48. The molecule has 6 rings (SSSR count). The van der Waals surface area contributed by atoms with Crippen molar-refractivity contribution in [1.82, 2.24) is 0 Å². The Morgan fingerprint density at radius 2 is 0.889 bits per heavy atom. The van der Waals surface area contributed by atoms with Crippen molar-refractivity contribution in [3.63, 3.8) is 0 Å². The van der Waals surface area contributed by atoms with Crippen LogP contribution in [0.5, 0.6) is 0 Å². The van der Waals surface area contributed by atoms with Crippen LogP contribution < -0.4 is 16.4 Å². The number of benzene rings is 5. The van der Waals surface area contributed by atoms with Crippen LogP contribution in [0.1, 0.15) is 27.8 Å². The molecule has 0 unspecified atom stereocenters. The molecule has 5 aromatic rings. The predicted octanol–water partition coefficient (Wildman–Crippen LogP) is 6.95. The van der Waals surface area contributed by atoms with Crippen LogP contribution in [-0.4, -0.2) is 6.71 Å². The Balaban J connectivity index is 1.64. The smallest absolute Gasteiger partial charge is 0.0629 e. The van der Waals surface area contributed by atoms with Crippen LogP contribution in [0.2, 0.25) is 0 Å². The van der Waals surface area contributed by atoms with Crippen LogP contribution in [0.4, 0.5) is 0 Å². The van der Waals surface area contributed by atoms with Crippen LogP contribution in [0.3, 0.4) is 0 Å². The second kappa shape index (κ2) is 9.17. The minimum Gasteiger partial charge on any atom is -0.0629 e. The van der Waals surface area contributed by atoms with Gasteiger partial charge >= 0.3 is 0 Å². The van der Waals surface area contributed by atoms with E-state index in [1.807, 2.05) is 0 Å². The summed E-state index contributed by atoms with van der Waals surface area (Å²) in [6, 6.07) is 40.1. The van der Waals surface area contributed by atoms with E-state index in [0.717, 1.165) is 0 Å². The number of rotatable bonds is 3. The maximum absolute atomic E-state index is 2.42. The number of hydrogen-bond donors (Lipinski definition) is 0. The fourth-order valence-corrected chi connectivity index (χ4v) is 5.88. The van der Waals surface area contributed by atoms with Crippen LogP contribution in [0, 0.1) is 20.8 Å². The summed E-state index contributed by atoms with van der Waals surface area (Å²) in [5.74, 6) is 0. The first-order valence-corrected chi connectivity index (χ1v) is 12.7. The second-order valence-electron chi connectivity index (χ2n) is 10.00. The van der Waals surface area contributed by atoms with Crippen molar-refractivity contribution < 1.29 is 0 Å². The zero-order valence-corrected chi connectivity index (χ0v) is 21.1. The van der Waals surface area contributed by atoms with Crippen molar-refractivity contribution in [2.24, 2.45) is 0 Å². The van der Waals surface area contributed by atoms with Crippen molar-refractivity contribution in [3.05, 3.63) is 137 Å². The monoisotopic (exact) mass is 460 g/mol. The lowest BCUT2D eigenvalue weighted by Gasteiger charge is -2.24. The van der Waals surface area contributed by atoms with E-state index in [1.165, 1.54) is 66.5 Å². The molecule has 0 saturated heterocycles. The molecule has 0 aromatic heterocycles. The molecule has 1 aliphatic rings. The maximum atomic E-state index is 2.42. The molecule has 36 heavy (non-hydrogen) atoms. The van der Waals surface area contributed by atoms with E-state index < -0.39 is 0 Å². The summed E-state index contributed by atoms with van der Waals surface area (Å²) < 4.78 is 0. The summed E-state index contributed by atoms with van der Waals surface area (Å²) in [5.41, 5.74) is 15.8. The summed E-state index contributed by atoms with van der Waals surface area (Å²) in [6.07, 6.45) is 4.59. The summed E-state index contributed by atoms with van der Waals surface area (Å²) >= 11 is 0. The van der Waals surface area contributed by atoms with E-state index in [4.69, 9.17) is 0 Å². The molecule has 0 spiro atoms. The molecule has 0 saturated carbocycles. The molecule has 0 N–H and O–H groups in total. The number of fused-ring (bicyclic) bond motifs is 2. The van der Waals surface area contributed by atoms with E-state index >= 15 is 0 Å². The van der Waals surface area contributed by atoms with Crippen molar-refractivity contribution in [2.75, 3.05) is 0 Å². The van der Waals surface area contributed by atoms with Crippen molar-refractivity contribution in [3.8, 4) is 22.3 Å². The van der Waals surface area contributed by atoms with Crippen molar-refractivity contribution in [1.29, 1.82) is 0 Å². The largest absolute Gasteiger partial charge is 0.243 e. The molecular weight excluding hydrogens is 431 g/mol. The molecule has 0 aliphatic carbocycles. The molecule has 1 aliphatic heterocycles. The van der Waals surface area contributed by atoms with E-state index in [-0.39, 0.29) is 6.71 Å². The van der Waals surface area contributed by atoms with Crippen LogP contribution in [0.25, 0.3) is 34.4 Å². The minimum absolute atomic E-state index is 0.151. The Morgan fingerprint density at radius 1 is 0.444 bits per heavy atom. The maximum Gasteiger partial charge on any atom is 0.243 e. The first-order chi connectivity index (χ1) is 17.6. The van der Waals surface area contributed by atoms with Gasteiger partial charge in [-0.15, -0.1) is 0 Å². The van der Waals surface area contributed by atoms with Crippen molar-refractivity contribution >= 4 is 35.3 Å². The summed E-state index contributed by atoms with van der Waals surface area (Å²) in [4.78, 5) is 0. The lowest BCUT2D eigenvalue weighted by molar-refractivity contribution is 1.35. The number of hydrogen-bond acceptors (Lipinski definition) is 0. The summed E-state index contributed by atoms with van der Waals surface area (Å²) in [5, 5.41) is 0. The zero-order valence-electron chi connectivity index (χ0n) is 21.1. The Bertz CT molecular complexity index is 1480. The standard InChI is InChI=1S/C35H29B/c1-24-20-25(2)35(26(3)21-24)36-33-22-31(27-10-6-4-7-11-27)18-16-29(33)14-15-30-17-19-32(23-34(30)36)28-12-8-5-9-13-28/h4-23H,1-3H3. The summed E-state index contributed by atoms with van der Waals surface area (Å²) in [6.45, 7) is 6.89. The lowest BCUT2D eigenvalue weighted by atomic mass is 9.34. The Kier molecular flexibility index (Phi) is 5.70. The van der Waals surface area contributed by atoms with Crippen LogP contribution in [0.15, 0.2) is 109 Å². The molecule has 0 fully saturated rings. The highest BCUT2D eigenvalue weighted by atomic mass is 14.2. The van der Waals surface area contributed by atoms with Gasteiger partial charge in [-0.3, -0.25) is 0 Å². The van der Waals surface area contributed by atoms with Gasteiger partial charge in [-0.05, 0) is 54.2 Å². The molecule has 0 bridgehead atoms. The van der Waals surface area contributed by atoms with E-state index in [1.54, 1.807) is 0 Å². The highest BCUT2D eigenvalue weighted by molar-refractivity contribution is 6.97. The van der Waals surface area contributed by atoms with Gasteiger partial charge in [0.1, 0.15) is 0 Å². The highest BCUT2D eigenvalue weighted by Gasteiger charge is 2.30. The van der Waals surface area contributed by atoms with E-state index in [9.17, 15) is 0 Å². The Hall–Kier alpha value is -4.10. The van der Waals surface area contributed by atoms with Crippen LogP contribution >= 0.6 is 0 Å². The quantitative estimate of drug-likeness (QED) is 0.251. The van der Waals surface area contributed by atoms with Gasteiger partial charge in [-0.2, -0.15) is 0 Å². The topological polar surface area (TPSA) is 0 Å². The van der Waals surface area contributed by atoms with Gasteiger partial charge in [0.05, 0.1) is 0 Å². The van der Waals surface area contributed by atoms with Gasteiger partial charge in [-0.1, -0.05) is 154 Å². The van der Waals surface area contributed by atoms with E-state index in [0.29, 0.717) is 0 Å². The number of aryl methyl sites for hydroxylation is 3. The second-order valence-corrected chi connectivity index (χ2v) is 10.00. The third-order valence-electron chi connectivity index (χ3n) is 7.48. The molecular formula is C35H29B. The molecule has 5 aromatic carbocycles. The van der Waals surface area contributed by atoms with Gasteiger partial charge in [0, 0.05) is 0 Å². The third kappa shape index (κ3) is 4.01. The first-order valence-electron chi connectivity index (χ1n) is 12.7. The highest BCUT2D eigenvalue weighted by Crippen LogP contribution is 2.25. The van der Waals surface area contributed by atoms with Gasteiger partial charge in [0.2, 0.25) is 6.71 Å². The molecule has 1 heterocycles. The van der Waals surface area contributed by atoms with Gasteiger partial charge in [-0.25, -0.2) is 0 Å². The molecule has 0 radical (unpaired) electrons. The van der Waals surface area contributed by atoms with Crippen molar-refractivity contribution in [2.45, 2.75) is 20.8 Å². The Morgan fingerprint density at radius 3 is 1.33 bits per heavy atom. The zero-order chi connectivity index (χ0) is 24.6. The van der Waals surface area contributed by atoms with Crippen LogP contribution in [-0.2, 0) is 0 Å². The SMILES string of the molecule is Cc1cc(C)c(B2c3cc(-c4ccccc4)ccc3C=Cc3ccc(-c4ccccc4)cc32)c(C)c1. The first kappa shape index (κ1) is 22.4. The van der Waals surface area contributed by atoms with E-state index in [2.05, 4.69) is 142 Å². The predicted molar refractivity (Wildman–Crippen MR) is 158 cm³/mol. The fraction of sp³-hybridized carbons (Fsp3) is 0.0857. The van der Waals surface area contributed by atoms with Gasteiger partial charge in [0.15, 0.2) is 0 Å². The average molecular weight is 460 g/mol. The minimum atomic E-state index is 0.151. The molecule has 0 nitrogen and oxygen atoms in total. The summed E-state index contributed by atoms with van der Waals surface area (Å²) in [7, 11) is 0. The normalized spacial score (nSPS) is 12.1. The average Bonchev–Trinajstić information content (AvgIpc) is 3.05. The molecule has 1 heteroatoms. The van der Waals surface area contributed by atoms with Gasteiger partial charge < -0.3 is 0 Å². The lowest BCUT2D eigenvalue weighted by Crippen LogP contribution is -2.55. The molecule has 0 atom stereocenters. The molecule has 0 amide bonds. The Labute approximate surface area is 215 Å². The molecule has 172 valence electrons.